The summed E-state index contributed by atoms with van der Waals surface area (Å²) in [4.78, 5) is 28.3. The maximum absolute atomic E-state index is 12.3. The number of rotatable bonds is 2. The molecule has 1 amide bonds. The van der Waals surface area contributed by atoms with Crippen molar-refractivity contribution < 1.29 is 9.59 Å². The zero-order valence-corrected chi connectivity index (χ0v) is 13.2. The molecular formula is C13H21IN2O2. The molecular weight excluding hydrogens is 343 g/mol. The van der Waals surface area contributed by atoms with Crippen LogP contribution in [0, 0.1) is 5.92 Å². The van der Waals surface area contributed by atoms with Gasteiger partial charge in [-0.15, -0.1) is 0 Å². The van der Waals surface area contributed by atoms with Crippen LogP contribution in [-0.2, 0) is 9.59 Å². The highest BCUT2D eigenvalue weighted by Gasteiger charge is 2.39. The maximum Gasteiger partial charge on any atom is 0.235 e. The highest BCUT2D eigenvalue weighted by Crippen LogP contribution is 2.28. The third kappa shape index (κ3) is 2.87. The zero-order chi connectivity index (χ0) is 13.3. The summed E-state index contributed by atoms with van der Waals surface area (Å²) in [5.41, 5.74) is 0. The van der Waals surface area contributed by atoms with Crippen LogP contribution in [0.2, 0.25) is 0 Å². The molecule has 0 saturated carbocycles. The fourth-order valence-corrected chi connectivity index (χ4v) is 3.86. The molecule has 3 atom stereocenters. The second-order valence-corrected chi connectivity index (χ2v) is 6.98. The first-order valence-electron chi connectivity index (χ1n) is 6.64. The van der Waals surface area contributed by atoms with E-state index in [-0.39, 0.29) is 27.6 Å². The quantitative estimate of drug-likeness (QED) is 0.548. The maximum atomic E-state index is 12.3. The van der Waals surface area contributed by atoms with Crippen LogP contribution in [0.1, 0.15) is 26.2 Å². The standard InChI is InChI=1S/C13H21IN2O2/c1-9(17)10-5-7-15(2)8-12(10)16-6-3-4-11(14)13(16)18/h10-12H,3-8H2,1-2H3. The number of nitrogens with zero attached hydrogens (tertiary/aromatic N) is 2. The first kappa shape index (κ1) is 14.2. The molecule has 0 aromatic heterocycles. The van der Waals surface area contributed by atoms with Gasteiger partial charge < -0.3 is 9.80 Å². The Kier molecular flexibility index (Phi) is 4.64. The summed E-state index contributed by atoms with van der Waals surface area (Å²) in [7, 11) is 2.07. The van der Waals surface area contributed by atoms with Crippen molar-refractivity contribution in [3.05, 3.63) is 0 Å². The number of ketones is 1. The normalized spacial score (nSPS) is 34.7. The average Bonchev–Trinajstić information content (AvgIpc) is 2.32. The second-order valence-electron chi connectivity index (χ2n) is 5.48. The number of likely N-dealkylation sites (N-methyl/N-ethyl adjacent to an activating group) is 1. The number of carbonyl (C=O) groups is 2. The molecule has 0 spiro atoms. The number of hydrogen-bond acceptors (Lipinski definition) is 3. The van der Waals surface area contributed by atoms with E-state index in [9.17, 15) is 9.59 Å². The van der Waals surface area contributed by atoms with E-state index in [0.29, 0.717) is 0 Å². The molecule has 102 valence electrons. The van der Waals surface area contributed by atoms with E-state index in [1.54, 1.807) is 6.92 Å². The van der Waals surface area contributed by atoms with Gasteiger partial charge in [-0.1, -0.05) is 22.6 Å². The summed E-state index contributed by atoms with van der Waals surface area (Å²) in [6, 6.07) is 0.0892. The van der Waals surface area contributed by atoms with Gasteiger partial charge in [0.1, 0.15) is 5.78 Å². The summed E-state index contributed by atoms with van der Waals surface area (Å²) < 4.78 is 0.0937. The van der Waals surface area contributed by atoms with Crippen molar-refractivity contribution in [3.8, 4) is 0 Å². The van der Waals surface area contributed by atoms with Gasteiger partial charge in [0.15, 0.2) is 0 Å². The third-order valence-corrected chi connectivity index (χ3v) is 5.27. The van der Waals surface area contributed by atoms with Crippen LogP contribution in [0.3, 0.4) is 0 Å². The number of halogens is 1. The topological polar surface area (TPSA) is 40.6 Å². The van der Waals surface area contributed by atoms with Crippen molar-refractivity contribution in [2.45, 2.75) is 36.2 Å². The van der Waals surface area contributed by atoms with Gasteiger partial charge >= 0.3 is 0 Å². The summed E-state index contributed by atoms with van der Waals surface area (Å²) in [6.07, 6.45) is 2.92. The Labute approximate surface area is 122 Å². The Balaban J connectivity index is 2.16. The molecule has 3 unspecified atom stereocenters. The molecule has 2 fully saturated rings. The van der Waals surface area contributed by atoms with Gasteiger partial charge in [0.25, 0.3) is 0 Å². The number of hydrogen-bond donors (Lipinski definition) is 0. The van der Waals surface area contributed by atoms with Gasteiger partial charge in [-0.3, -0.25) is 9.59 Å². The minimum absolute atomic E-state index is 0.0341. The zero-order valence-electron chi connectivity index (χ0n) is 11.1. The molecule has 2 rings (SSSR count). The summed E-state index contributed by atoms with van der Waals surface area (Å²) in [5, 5.41) is 0. The molecule has 0 aromatic carbocycles. The van der Waals surface area contributed by atoms with Gasteiger partial charge in [-0.2, -0.15) is 0 Å². The smallest absolute Gasteiger partial charge is 0.235 e. The lowest BCUT2D eigenvalue weighted by Gasteiger charge is -2.44. The number of carbonyl (C=O) groups excluding carboxylic acids is 2. The molecule has 2 aliphatic rings. The minimum Gasteiger partial charge on any atom is -0.337 e. The Morgan fingerprint density at radius 1 is 1.33 bits per heavy atom. The second kappa shape index (κ2) is 5.86. The van der Waals surface area contributed by atoms with Crippen molar-refractivity contribution in [3.63, 3.8) is 0 Å². The minimum atomic E-state index is 0.0341. The Morgan fingerprint density at radius 2 is 2.06 bits per heavy atom. The third-order valence-electron chi connectivity index (χ3n) is 4.12. The van der Waals surface area contributed by atoms with E-state index >= 15 is 0 Å². The SMILES string of the molecule is CC(=O)C1CCN(C)CC1N1CCCC(I)C1=O. The number of Topliss-reactive ketones (excluding diaryl/α,β-unsaturated/α-hetero) is 1. The first-order valence-corrected chi connectivity index (χ1v) is 7.89. The average molecular weight is 364 g/mol. The summed E-state index contributed by atoms with van der Waals surface area (Å²) in [5.74, 6) is 0.497. The molecule has 4 nitrogen and oxygen atoms in total. The predicted molar refractivity (Wildman–Crippen MR) is 78.8 cm³/mol. The lowest BCUT2D eigenvalue weighted by Crippen LogP contribution is -2.58. The van der Waals surface area contributed by atoms with Crippen LogP contribution in [0.15, 0.2) is 0 Å². The highest BCUT2D eigenvalue weighted by molar-refractivity contribution is 14.1. The number of alkyl halides is 1. The number of likely N-dealkylation sites (tertiary alicyclic amines) is 2. The Morgan fingerprint density at radius 3 is 2.72 bits per heavy atom. The molecule has 2 heterocycles. The molecule has 0 aliphatic carbocycles. The number of amides is 1. The van der Waals surface area contributed by atoms with E-state index in [2.05, 4.69) is 34.5 Å². The lowest BCUT2D eigenvalue weighted by atomic mass is 9.86. The largest absolute Gasteiger partial charge is 0.337 e. The van der Waals surface area contributed by atoms with Crippen molar-refractivity contribution in [1.82, 2.24) is 9.80 Å². The van der Waals surface area contributed by atoms with Crippen molar-refractivity contribution >= 4 is 34.3 Å². The highest BCUT2D eigenvalue weighted by atomic mass is 127. The van der Waals surface area contributed by atoms with Gasteiger partial charge in [0.2, 0.25) is 5.91 Å². The molecule has 0 aromatic rings. The summed E-state index contributed by atoms with van der Waals surface area (Å²) in [6.45, 7) is 4.27. The van der Waals surface area contributed by atoms with Gasteiger partial charge in [-0.25, -0.2) is 0 Å². The van der Waals surface area contributed by atoms with Crippen molar-refractivity contribution in [2.75, 3.05) is 26.7 Å². The predicted octanol–water partition coefficient (Wildman–Crippen LogP) is 1.32. The van der Waals surface area contributed by atoms with Crippen LogP contribution in [0.25, 0.3) is 0 Å². The molecule has 2 aliphatic heterocycles. The van der Waals surface area contributed by atoms with Crippen LogP contribution in [0.4, 0.5) is 0 Å². The number of piperidine rings is 2. The fourth-order valence-electron chi connectivity index (χ4n) is 3.06. The van der Waals surface area contributed by atoms with Gasteiger partial charge in [-0.05, 0) is 39.8 Å². The van der Waals surface area contributed by atoms with Crippen molar-refractivity contribution in [2.24, 2.45) is 5.92 Å². The van der Waals surface area contributed by atoms with Crippen LogP contribution in [-0.4, -0.2) is 58.1 Å². The molecule has 0 radical (unpaired) electrons. The van der Waals surface area contributed by atoms with E-state index in [0.717, 1.165) is 38.9 Å². The van der Waals surface area contributed by atoms with Crippen molar-refractivity contribution in [1.29, 1.82) is 0 Å². The van der Waals surface area contributed by atoms with E-state index in [1.807, 2.05) is 4.90 Å². The molecule has 18 heavy (non-hydrogen) atoms. The lowest BCUT2D eigenvalue weighted by molar-refractivity contribution is -0.139. The molecule has 2 saturated heterocycles. The molecule has 0 bridgehead atoms. The van der Waals surface area contributed by atoms with E-state index < -0.39 is 0 Å². The summed E-state index contributed by atoms with van der Waals surface area (Å²) >= 11 is 2.23. The monoisotopic (exact) mass is 364 g/mol. The first-order chi connectivity index (χ1) is 8.50. The van der Waals surface area contributed by atoms with Crippen LogP contribution in [0.5, 0.6) is 0 Å². The van der Waals surface area contributed by atoms with Crippen LogP contribution >= 0.6 is 22.6 Å². The van der Waals surface area contributed by atoms with E-state index in [1.165, 1.54) is 0 Å². The fraction of sp³-hybridized carbons (Fsp3) is 0.846. The van der Waals surface area contributed by atoms with Gasteiger partial charge in [0, 0.05) is 19.0 Å². The molecule has 0 N–H and O–H groups in total. The Bertz CT molecular complexity index is 348. The van der Waals surface area contributed by atoms with Gasteiger partial charge in [0.05, 0.1) is 9.97 Å². The molecule has 5 heteroatoms. The van der Waals surface area contributed by atoms with Crippen LogP contribution < -0.4 is 0 Å². The Hall–Kier alpha value is -0.170. The van der Waals surface area contributed by atoms with E-state index in [4.69, 9.17) is 0 Å².